The Bertz CT molecular complexity index is 669. The normalized spacial score (nSPS) is 17.4. The van der Waals surface area contributed by atoms with Crippen LogP contribution in [-0.4, -0.2) is 0 Å². The van der Waals surface area contributed by atoms with Gasteiger partial charge < -0.3 is 0 Å². The van der Waals surface area contributed by atoms with Crippen LogP contribution in [0.1, 0.15) is 23.5 Å². The van der Waals surface area contributed by atoms with Gasteiger partial charge in [0.15, 0.2) is 0 Å². The van der Waals surface area contributed by atoms with Crippen LogP contribution in [0.15, 0.2) is 36.4 Å². The van der Waals surface area contributed by atoms with Crippen molar-refractivity contribution in [2.75, 3.05) is 0 Å². The fourth-order valence-corrected chi connectivity index (χ4v) is 2.99. The lowest BCUT2D eigenvalue weighted by atomic mass is 9.76. The van der Waals surface area contributed by atoms with E-state index in [1.165, 1.54) is 21.9 Å². The molecule has 0 fully saturated rings. The molecule has 0 amide bonds. The number of benzene rings is 2. The Morgan fingerprint density at radius 1 is 1.06 bits per heavy atom. The van der Waals surface area contributed by atoms with Crippen LogP contribution in [0.2, 0.25) is 0 Å². The van der Waals surface area contributed by atoms with Gasteiger partial charge in [-0.15, -0.1) is 0 Å². The van der Waals surface area contributed by atoms with Gasteiger partial charge in [-0.1, -0.05) is 36.4 Å². The molecule has 2 heteroatoms. The van der Waals surface area contributed by atoms with Gasteiger partial charge in [-0.05, 0) is 34.7 Å². The van der Waals surface area contributed by atoms with Crippen LogP contribution in [0.4, 0.5) is 0 Å². The summed E-state index contributed by atoms with van der Waals surface area (Å²) in [5.74, 6) is -0.484. The summed E-state index contributed by atoms with van der Waals surface area (Å²) >= 11 is 0. The highest BCUT2D eigenvalue weighted by Gasteiger charge is 2.28. The maximum atomic E-state index is 9.11. The van der Waals surface area contributed by atoms with Crippen LogP contribution in [0.3, 0.4) is 0 Å². The second kappa shape index (κ2) is 4.17. The first kappa shape index (κ1) is 10.8. The summed E-state index contributed by atoms with van der Waals surface area (Å²) in [5, 5.41) is 20.7. The van der Waals surface area contributed by atoms with Crippen molar-refractivity contribution in [3.8, 4) is 12.1 Å². The number of nitriles is 2. The third kappa shape index (κ3) is 1.47. The summed E-state index contributed by atoms with van der Waals surface area (Å²) in [7, 11) is 0. The highest BCUT2D eigenvalue weighted by atomic mass is 14.4. The van der Waals surface area contributed by atoms with E-state index in [2.05, 4.69) is 42.5 Å². The van der Waals surface area contributed by atoms with Crippen molar-refractivity contribution in [2.45, 2.75) is 18.8 Å². The first-order valence-electron chi connectivity index (χ1n) is 6.15. The van der Waals surface area contributed by atoms with E-state index in [0.717, 1.165) is 12.8 Å². The van der Waals surface area contributed by atoms with E-state index in [1.807, 2.05) is 6.07 Å². The summed E-state index contributed by atoms with van der Waals surface area (Å²) in [6, 6.07) is 16.8. The van der Waals surface area contributed by atoms with E-state index in [4.69, 9.17) is 10.5 Å². The first-order valence-corrected chi connectivity index (χ1v) is 6.15. The molecule has 0 aliphatic heterocycles. The number of hydrogen-bond donors (Lipinski definition) is 0. The van der Waals surface area contributed by atoms with Crippen molar-refractivity contribution in [3.05, 3.63) is 47.5 Å². The van der Waals surface area contributed by atoms with Crippen LogP contribution in [0, 0.1) is 28.6 Å². The fourth-order valence-electron chi connectivity index (χ4n) is 2.99. The number of rotatable bonds is 1. The molecule has 0 radical (unpaired) electrons. The zero-order valence-corrected chi connectivity index (χ0v) is 9.93. The van der Waals surface area contributed by atoms with Crippen LogP contribution in [-0.2, 0) is 6.42 Å². The highest BCUT2D eigenvalue weighted by Crippen LogP contribution is 2.40. The molecule has 0 aromatic heterocycles. The average molecular weight is 232 g/mol. The van der Waals surface area contributed by atoms with E-state index in [0.29, 0.717) is 0 Å². The molecule has 86 valence electrons. The Balaban J connectivity index is 2.26. The molecule has 3 rings (SSSR count). The lowest BCUT2D eigenvalue weighted by Crippen LogP contribution is -2.15. The Labute approximate surface area is 106 Å². The van der Waals surface area contributed by atoms with Gasteiger partial charge >= 0.3 is 0 Å². The summed E-state index contributed by atoms with van der Waals surface area (Å²) in [5.41, 5.74) is 2.51. The molecule has 18 heavy (non-hydrogen) atoms. The molecule has 1 aliphatic rings. The minimum Gasteiger partial charge on any atom is -0.197 e. The monoisotopic (exact) mass is 232 g/mol. The number of hydrogen-bond acceptors (Lipinski definition) is 2. The van der Waals surface area contributed by atoms with Gasteiger partial charge in [0.2, 0.25) is 0 Å². The van der Waals surface area contributed by atoms with E-state index in [1.54, 1.807) is 0 Å². The first-order chi connectivity index (χ1) is 8.85. The zero-order valence-electron chi connectivity index (χ0n) is 9.93. The molecule has 0 N–H and O–H groups in total. The van der Waals surface area contributed by atoms with Gasteiger partial charge in [-0.25, -0.2) is 0 Å². The zero-order chi connectivity index (χ0) is 12.5. The molecular weight excluding hydrogens is 220 g/mol. The highest BCUT2D eigenvalue weighted by molar-refractivity contribution is 5.90. The molecule has 2 aromatic rings. The number of aryl methyl sites for hydroxylation is 1. The standard InChI is InChI=1S/C16H12N2/c17-9-13(10-18)14-8-7-12-4-1-3-11-5-2-6-15(14)16(11)12/h1-6,13-14H,7-8H2. The molecule has 0 saturated carbocycles. The van der Waals surface area contributed by atoms with E-state index in [9.17, 15) is 0 Å². The average Bonchev–Trinajstić information content (AvgIpc) is 2.43. The molecule has 1 unspecified atom stereocenters. The van der Waals surface area contributed by atoms with E-state index in [-0.39, 0.29) is 5.92 Å². The van der Waals surface area contributed by atoms with Crippen LogP contribution < -0.4 is 0 Å². The second-order valence-electron chi connectivity index (χ2n) is 4.74. The third-order valence-electron chi connectivity index (χ3n) is 3.83. The van der Waals surface area contributed by atoms with Crippen LogP contribution in [0.25, 0.3) is 10.8 Å². The molecule has 0 saturated heterocycles. The Morgan fingerprint density at radius 3 is 2.50 bits per heavy atom. The van der Waals surface area contributed by atoms with Gasteiger partial charge in [-0.2, -0.15) is 10.5 Å². The smallest absolute Gasteiger partial charge is 0.140 e. The summed E-state index contributed by atoms with van der Waals surface area (Å²) in [6.45, 7) is 0. The molecule has 0 heterocycles. The van der Waals surface area contributed by atoms with Crippen LogP contribution >= 0.6 is 0 Å². The van der Waals surface area contributed by atoms with E-state index >= 15 is 0 Å². The van der Waals surface area contributed by atoms with Crippen molar-refractivity contribution in [1.82, 2.24) is 0 Å². The molecule has 1 aliphatic carbocycles. The van der Waals surface area contributed by atoms with Crippen LogP contribution in [0.5, 0.6) is 0 Å². The molecule has 2 aromatic carbocycles. The number of nitrogens with zero attached hydrogens (tertiary/aromatic N) is 2. The minimum absolute atomic E-state index is 0.0543. The van der Waals surface area contributed by atoms with Crippen molar-refractivity contribution >= 4 is 10.8 Å². The molecule has 0 bridgehead atoms. The Kier molecular flexibility index (Phi) is 2.50. The quantitative estimate of drug-likeness (QED) is 0.755. The maximum Gasteiger partial charge on any atom is 0.140 e. The van der Waals surface area contributed by atoms with Gasteiger partial charge in [0, 0.05) is 5.92 Å². The predicted octanol–water partition coefficient (Wildman–Crippen LogP) is 3.53. The summed E-state index contributed by atoms with van der Waals surface area (Å²) in [6.07, 6.45) is 1.85. The molecule has 1 atom stereocenters. The Morgan fingerprint density at radius 2 is 1.78 bits per heavy atom. The van der Waals surface area contributed by atoms with Crippen molar-refractivity contribution in [3.63, 3.8) is 0 Å². The van der Waals surface area contributed by atoms with Crippen molar-refractivity contribution in [1.29, 1.82) is 10.5 Å². The molecule has 0 spiro atoms. The molecular formula is C16H12N2. The predicted molar refractivity (Wildman–Crippen MR) is 69.7 cm³/mol. The largest absolute Gasteiger partial charge is 0.197 e. The lowest BCUT2D eigenvalue weighted by Gasteiger charge is -2.26. The van der Waals surface area contributed by atoms with Gasteiger partial charge in [0.05, 0.1) is 12.1 Å². The van der Waals surface area contributed by atoms with E-state index < -0.39 is 5.92 Å². The maximum absolute atomic E-state index is 9.11. The molecule has 2 nitrogen and oxygen atoms in total. The SMILES string of the molecule is N#CC(C#N)C1CCc2cccc3cccc1c23. The van der Waals surface area contributed by atoms with Gasteiger partial charge in [0.1, 0.15) is 5.92 Å². The summed E-state index contributed by atoms with van der Waals surface area (Å²) < 4.78 is 0. The topological polar surface area (TPSA) is 47.6 Å². The van der Waals surface area contributed by atoms with Gasteiger partial charge in [0.25, 0.3) is 0 Å². The Hall–Kier alpha value is -2.32. The van der Waals surface area contributed by atoms with Gasteiger partial charge in [-0.3, -0.25) is 0 Å². The van der Waals surface area contributed by atoms with Crippen molar-refractivity contribution in [2.24, 2.45) is 5.92 Å². The minimum atomic E-state index is -0.538. The fraction of sp³-hybridized carbons (Fsp3) is 0.250. The van der Waals surface area contributed by atoms with Crippen molar-refractivity contribution < 1.29 is 0 Å². The summed E-state index contributed by atoms with van der Waals surface area (Å²) in [4.78, 5) is 0. The third-order valence-corrected chi connectivity index (χ3v) is 3.83. The second-order valence-corrected chi connectivity index (χ2v) is 4.74. The lowest BCUT2D eigenvalue weighted by molar-refractivity contribution is 0.557.